The summed E-state index contributed by atoms with van der Waals surface area (Å²) in [7, 11) is 0. The normalized spacial score (nSPS) is 10.9. The highest BCUT2D eigenvalue weighted by atomic mass is 35.5. The number of rotatable bonds is 1. The molecule has 0 aliphatic carbocycles. The van der Waals surface area contributed by atoms with E-state index in [9.17, 15) is 0 Å². The number of hydrogen-bond acceptors (Lipinski definition) is 3. The lowest BCUT2D eigenvalue weighted by Crippen LogP contribution is -1.90. The monoisotopic (exact) mass is 244 g/mol. The molecule has 1 N–H and O–H groups in total. The van der Waals surface area contributed by atoms with Gasteiger partial charge in [-0.15, -0.1) is 0 Å². The Labute approximate surface area is 103 Å². The van der Waals surface area contributed by atoms with E-state index in [1.54, 1.807) is 0 Å². The number of benzene rings is 1. The number of nitrogens with one attached hydrogen (secondary N) is 1. The third kappa shape index (κ3) is 1.76. The predicted molar refractivity (Wildman–Crippen MR) is 66.9 cm³/mol. The Morgan fingerprint density at radius 1 is 1.06 bits per heavy atom. The third-order valence-electron chi connectivity index (χ3n) is 2.46. The molecule has 0 fully saturated rings. The van der Waals surface area contributed by atoms with E-state index >= 15 is 0 Å². The maximum Gasteiger partial charge on any atom is 0.183 e. The van der Waals surface area contributed by atoms with Crippen LogP contribution in [-0.2, 0) is 0 Å². The molecule has 0 saturated carbocycles. The lowest BCUT2D eigenvalue weighted by Gasteiger charge is -2.00. The van der Waals surface area contributed by atoms with Crippen molar-refractivity contribution in [3.63, 3.8) is 0 Å². The molecule has 0 saturated heterocycles. The molecule has 1 aromatic carbocycles. The van der Waals surface area contributed by atoms with Crippen LogP contribution in [0, 0.1) is 6.92 Å². The molecule has 0 unspecified atom stereocenters. The zero-order chi connectivity index (χ0) is 11.8. The minimum absolute atomic E-state index is 0.398. The highest BCUT2D eigenvalue weighted by molar-refractivity contribution is 6.33. The van der Waals surface area contributed by atoms with E-state index in [1.807, 2.05) is 37.3 Å². The molecule has 0 bridgehead atoms. The van der Waals surface area contributed by atoms with Crippen molar-refractivity contribution in [2.45, 2.75) is 6.92 Å². The van der Waals surface area contributed by atoms with Crippen molar-refractivity contribution >= 4 is 22.8 Å². The van der Waals surface area contributed by atoms with Crippen LogP contribution in [0.1, 0.15) is 5.82 Å². The number of nitrogens with zero attached hydrogens (tertiary/aromatic N) is 3. The van der Waals surface area contributed by atoms with Gasteiger partial charge >= 0.3 is 0 Å². The molecule has 3 aromatic rings. The van der Waals surface area contributed by atoms with Gasteiger partial charge in [-0.25, -0.2) is 15.0 Å². The Balaban J connectivity index is 2.25. The van der Waals surface area contributed by atoms with Crippen LogP contribution in [-0.4, -0.2) is 19.9 Å². The fourth-order valence-electron chi connectivity index (χ4n) is 1.69. The molecular weight excluding hydrogens is 236 g/mol. The van der Waals surface area contributed by atoms with E-state index in [-0.39, 0.29) is 0 Å². The van der Waals surface area contributed by atoms with Gasteiger partial charge in [0, 0.05) is 5.56 Å². The summed E-state index contributed by atoms with van der Waals surface area (Å²) in [6, 6.07) is 9.70. The van der Waals surface area contributed by atoms with Gasteiger partial charge in [0.15, 0.2) is 16.6 Å². The molecule has 84 valence electrons. The zero-order valence-corrected chi connectivity index (χ0v) is 9.86. The molecular formula is C12H9ClN4. The van der Waals surface area contributed by atoms with Gasteiger partial charge in [-0.2, -0.15) is 0 Å². The summed E-state index contributed by atoms with van der Waals surface area (Å²) in [4.78, 5) is 16.0. The number of aryl methyl sites for hydroxylation is 1. The largest absolute Gasteiger partial charge is 0.338 e. The highest BCUT2D eigenvalue weighted by Crippen LogP contribution is 2.22. The summed E-state index contributed by atoms with van der Waals surface area (Å²) in [6.07, 6.45) is 0. The van der Waals surface area contributed by atoms with E-state index in [1.165, 1.54) is 0 Å². The van der Waals surface area contributed by atoms with Crippen LogP contribution in [0.3, 0.4) is 0 Å². The van der Waals surface area contributed by atoms with Crippen LogP contribution in [0.4, 0.5) is 0 Å². The second kappa shape index (κ2) is 3.82. The molecule has 2 aromatic heterocycles. The molecule has 5 heteroatoms. The number of aromatic amines is 1. The summed E-state index contributed by atoms with van der Waals surface area (Å²) in [5, 5.41) is 0.398. The fraction of sp³-hybridized carbons (Fsp3) is 0.0833. The SMILES string of the molecule is Cc1nc2nc(-c3ccccc3)nc(Cl)c2[nH]1. The van der Waals surface area contributed by atoms with Crippen LogP contribution in [0.25, 0.3) is 22.6 Å². The Morgan fingerprint density at radius 3 is 2.59 bits per heavy atom. The fourth-order valence-corrected chi connectivity index (χ4v) is 1.91. The van der Waals surface area contributed by atoms with E-state index in [4.69, 9.17) is 11.6 Å². The standard InChI is InChI=1S/C12H9ClN4/c1-7-14-9-10(13)16-11(17-12(9)15-7)8-5-3-2-4-6-8/h2-6H,1H3,(H,14,15,16,17). The molecule has 17 heavy (non-hydrogen) atoms. The minimum Gasteiger partial charge on any atom is -0.338 e. The van der Waals surface area contributed by atoms with Crippen molar-refractivity contribution in [1.29, 1.82) is 0 Å². The summed E-state index contributed by atoms with van der Waals surface area (Å²) in [6.45, 7) is 1.86. The molecule has 3 rings (SSSR count). The van der Waals surface area contributed by atoms with Crippen molar-refractivity contribution in [2.75, 3.05) is 0 Å². The summed E-state index contributed by atoms with van der Waals surface area (Å²) >= 11 is 6.10. The first-order valence-corrected chi connectivity index (χ1v) is 5.57. The Bertz CT molecular complexity index is 676. The van der Waals surface area contributed by atoms with Gasteiger partial charge in [0.2, 0.25) is 0 Å². The molecule has 4 nitrogen and oxygen atoms in total. The molecule has 2 heterocycles. The summed E-state index contributed by atoms with van der Waals surface area (Å²) in [5.74, 6) is 1.37. The van der Waals surface area contributed by atoms with Crippen LogP contribution in [0.5, 0.6) is 0 Å². The second-order valence-electron chi connectivity index (χ2n) is 3.72. The quantitative estimate of drug-likeness (QED) is 0.670. The number of imidazole rings is 1. The zero-order valence-electron chi connectivity index (χ0n) is 9.11. The second-order valence-corrected chi connectivity index (χ2v) is 4.08. The first-order valence-electron chi connectivity index (χ1n) is 5.19. The molecule has 0 atom stereocenters. The number of hydrogen-bond donors (Lipinski definition) is 1. The van der Waals surface area contributed by atoms with Crippen molar-refractivity contribution in [2.24, 2.45) is 0 Å². The van der Waals surface area contributed by atoms with Crippen LogP contribution in [0.2, 0.25) is 5.15 Å². The number of halogens is 1. The van der Waals surface area contributed by atoms with Gasteiger partial charge in [-0.05, 0) is 6.92 Å². The maximum absolute atomic E-state index is 6.10. The van der Waals surface area contributed by atoms with Crippen molar-refractivity contribution < 1.29 is 0 Å². The minimum atomic E-state index is 0.398. The van der Waals surface area contributed by atoms with Crippen molar-refractivity contribution in [1.82, 2.24) is 19.9 Å². The predicted octanol–water partition coefficient (Wildman–Crippen LogP) is 2.98. The van der Waals surface area contributed by atoms with Gasteiger partial charge in [0.1, 0.15) is 11.3 Å². The Morgan fingerprint density at radius 2 is 1.82 bits per heavy atom. The molecule has 0 spiro atoms. The van der Waals surface area contributed by atoms with Crippen LogP contribution in [0.15, 0.2) is 30.3 Å². The third-order valence-corrected chi connectivity index (χ3v) is 2.73. The van der Waals surface area contributed by atoms with Gasteiger partial charge in [0.05, 0.1) is 0 Å². The van der Waals surface area contributed by atoms with E-state index < -0.39 is 0 Å². The summed E-state index contributed by atoms with van der Waals surface area (Å²) in [5.41, 5.74) is 2.21. The van der Waals surface area contributed by atoms with Gasteiger partial charge in [-0.1, -0.05) is 41.9 Å². The van der Waals surface area contributed by atoms with Gasteiger partial charge in [-0.3, -0.25) is 0 Å². The molecule has 0 amide bonds. The average Bonchev–Trinajstić information content (AvgIpc) is 2.71. The van der Waals surface area contributed by atoms with E-state index in [2.05, 4.69) is 19.9 Å². The smallest absolute Gasteiger partial charge is 0.183 e. The van der Waals surface area contributed by atoms with Gasteiger partial charge in [0.25, 0.3) is 0 Å². The maximum atomic E-state index is 6.10. The summed E-state index contributed by atoms with van der Waals surface area (Å²) < 4.78 is 0. The van der Waals surface area contributed by atoms with E-state index in [0.717, 1.165) is 11.4 Å². The number of H-pyrrole nitrogens is 1. The van der Waals surface area contributed by atoms with Crippen LogP contribution >= 0.6 is 11.6 Å². The number of aromatic nitrogens is 4. The van der Waals surface area contributed by atoms with Crippen molar-refractivity contribution in [3.05, 3.63) is 41.3 Å². The Kier molecular flexibility index (Phi) is 2.30. The lowest BCUT2D eigenvalue weighted by molar-refractivity contribution is 1.16. The topological polar surface area (TPSA) is 54.5 Å². The lowest BCUT2D eigenvalue weighted by atomic mass is 10.2. The van der Waals surface area contributed by atoms with E-state index in [0.29, 0.717) is 22.1 Å². The average molecular weight is 245 g/mol. The molecule has 0 aliphatic rings. The first-order chi connectivity index (χ1) is 8.24. The molecule has 0 radical (unpaired) electrons. The molecule has 0 aliphatic heterocycles. The van der Waals surface area contributed by atoms with Crippen LogP contribution < -0.4 is 0 Å². The van der Waals surface area contributed by atoms with Gasteiger partial charge < -0.3 is 4.98 Å². The number of fused-ring (bicyclic) bond motifs is 1. The van der Waals surface area contributed by atoms with Crippen molar-refractivity contribution in [3.8, 4) is 11.4 Å². The Hall–Kier alpha value is -1.94. The highest BCUT2D eigenvalue weighted by Gasteiger charge is 2.10. The first kappa shape index (κ1) is 10.2.